The second kappa shape index (κ2) is 10.5. The number of alkyl halides is 2. The summed E-state index contributed by atoms with van der Waals surface area (Å²) >= 11 is 1.52. The lowest BCUT2D eigenvalue weighted by Crippen LogP contribution is -2.27. The largest absolute Gasteiger partial charge is 0.465 e. The molecule has 0 rings (SSSR count). The summed E-state index contributed by atoms with van der Waals surface area (Å²) in [7, 11) is 0. The van der Waals surface area contributed by atoms with Crippen molar-refractivity contribution >= 4 is 17.7 Å². The molecule has 0 fully saturated rings. The van der Waals surface area contributed by atoms with Crippen molar-refractivity contribution in [1.29, 1.82) is 0 Å². The Hall–Kier alpha value is -0.320. The number of ether oxygens (including phenoxy) is 1. The molecule has 0 amide bonds. The summed E-state index contributed by atoms with van der Waals surface area (Å²) in [4.78, 5) is 11.9. The average molecular weight is 296 g/mol. The van der Waals surface area contributed by atoms with Crippen molar-refractivity contribution in [3.8, 4) is 0 Å². The zero-order valence-corrected chi connectivity index (χ0v) is 13.1. The Labute approximate surface area is 119 Å². The van der Waals surface area contributed by atoms with E-state index in [4.69, 9.17) is 4.74 Å². The predicted octanol–water partition coefficient (Wildman–Crippen LogP) is 4.38. The normalized spacial score (nSPS) is 13.3. The summed E-state index contributed by atoms with van der Waals surface area (Å²) in [5, 5.41) is -0.190. The van der Waals surface area contributed by atoms with Crippen LogP contribution in [0.4, 0.5) is 8.78 Å². The topological polar surface area (TPSA) is 26.3 Å². The van der Waals surface area contributed by atoms with E-state index >= 15 is 0 Å². The SMILES string of the molecule is CC(C)COC(=O)C(SCCCCC(F)F)C(C)C. The number of hydrogen-bond donors (Lipinski definition) is 0. The fourth-order valence-corrected chi connectivity index (χ4v) is 2.69. The van der Waals surface area contributed by atoms with Crippen LogP contribution in [0.2, 0.25) is 0 Å². The highest BCUT2D eigenvalue weighted by atomic mass is 32.2. The smallest absolute Gasteiger partial charge is 0.319 e. The first-order chi connectivity index (χ1) is 8.84. The summed E-state index contributed by atoms with van der Waals surface area (Å²) in [6, 6.07) is 0. The van der Waals surface area contributed by atoms with Crippen LogP contribution < -0.4 is 0 Å². The van der Waals surface area contributed by atoms with Crippen molar-refractivity contribution in [3.63, 3.8) is 0 Å². The van der Waals surface area contributed by atoms with Gasteiger partial charge in [-0.1, -0.05) is 27.7 Å². The Morgan fingerprint density at radius 2 is 1.79 bits per heavy atom. The molecule has 2 nitrogen and oxygen atoms in total. The molecule has 0 aliphatic heterocycles. The third-order valence-corrected chi connectivity index (χ3v) is 4.13. The molecule has 0 aliphatic carbocycles. The van der Waals surface area contributed by atoms with Crippen molar-refractivity contribution in [1.82, 2.24) is 0 Å². The van der Waals surface area contributed by atoms with Gasteiger partial charge in [0.05, 0.1) is 6.61 Å². The van der Waals surface area contributed by atoms with E-state index < -0.39 is 6.43 Å². The lowest BCUT2D eigenvalue weighted by atomic mass is 10.1. The molecule has 0 radical (unpaired) electrons. The molecule has 0 N–H and O–H groups in total. The highest BCUT2D eigenvalue weighted by Gasteiger charge is 2.24. The summed E-state index contributed by atoms with van der Waals surface area (Å²) in [5.41, 5.74) is 0. The van der Waals surface area contributed by atoms with Crippen LogP contribution >= 0.6 is 11.8 Å². The van der Waals surface area contributed by atoms with Crippen LogP contribution in [0.25, 0.3) is 0 Å². The molecule has 5 heteroatoms. The number of esters is 1. The first-order valence-electron chi connectivity index (χ1n) is 6.91. The van der Waals surface area contributed by atoms with Gasteiger partial charge in [-0.25, -0.2) is 8.78 Å². The molecule has 114 valence electrons. The van der Waals surface area contributed by atoms with Gasteiger partial charge in [-0.3, -0.25) is 4.79 Å². The van der Waals surface area contributed by atoms with Crippen molar-refractivity contribution in [3.05, 3.63) is 0 Å². The van der Waals surface area contributed by atoms with Crippen LogP contribution in [0.5, 0.6) is 0 Å². The highest BCUT2D eigenvalue weighted by Crippen LogP contribution is 2.23. The summed E-state index contributed by atoms with van der Waals surface area (Å²) in [6.07, 6.45) is -1.04. The second-order valence-electron chi connectivity index (χ2n) is 5.45. The molecule has 0 bridgehead atoms. The third-order valence-electron chi connectivity index (χ3n) is 2.51. The van der Waals surface area contributed by atoms with E-state index in [1.165, 1.54) is 11.8 Å². The maximum Gasteiger partial charge on any atom is 0.319 e. The van der Waals surface area contributed by atoms with Crippen LogP contribution in [0.15, 0.2) is 0 Å². The second-order valence-corrected chi connectivity index (χ2v) is 6.70. The standard InChI is InChI=1S/C14H26F2O2S/c1-10(2)9-18-14(17)13(11(3)4)19-8-6-5-7-12(15)16/h10-13H,5-9H2,1-4H3. The maximum atomic E-state index is 12.0. The van der Waals surface area contributed by atoms with Gasteiger partial charge in [0.15, 0.2) is 0 Å². The van der Waals surface area contributed by atoms with E-state index in [-0.39, 0.29) is 23.6 Å². The Morgan fingerprint density at radius 1 is 1.16 bits per heavy atom. The zero-order valence-electron chi connectivity index (χ0n) is 12.3. The molecule has 0 aliphatic rings. The number of halogens is 2. The van der Waals surface area contributed by atoms with E-state index in [9.17, 15) is 13.6 Å². The number of carbonyl (C=O) groups excluding carboxylic acids is 1. The van der Waals surface area contributed by atoms with Crippen molar-refractivity contribution in [2.24, 2.45) is 11.8 Å². The molecule has 1 atom stereocenters. The van der Waals surface area contributed by atoms with Gasteiger partial charge in [0.2, 0.25) is 6.43 Å². The number of unbranched alkanes of at least 4 members (excludes halogenated alkanes) is 1. The van der Waals surface area contributed by atoms with Gasteiger partial charge >= 0.3 is 5.97 Å². The number of carbonyl (C=O) groups is 1. The fraction of sp³-hybridized carbons (Fsp3) is 0.929. The van der Waals surface area contributed by atoms with Crippen LogP contribution in [0.1, 0.15) is 47.0 Å². The molecule has 0 spiro atoms. The molecule has 0 aromatic heterocycles. The minimum Gasteiger partial charge on any atom is -0.465 e. The summed E-state index contributed by atoms with van der Waals surface area (Å²) in [5.74, 6) is 1.07. The van der Waals surface area contributed by atoms with E-state index in [1.807, 2.05) is 27.7 Å². The average Bonchev–Trinajstić information content (AvgIpc) is 2.29. The van der Waals surface area contributed by atoms with Gasteiger partial charge in [0.25, 0.3) is 0 Å². The zero-order chi connectivity index (χ0) is 14.8. The van der Waals surface area contributed by atoms with Crippen molar-refractivity contribution < 1.29 is 18.3 Å². The molecular formula is C14H26F2O2S. The van der Waals surface area contributed by atoms with Gasteiger partial charge in [-0.15, -0.1) is 11.8 Å². The molecule has 0 aromatic rings. The first kappa shape index (κ1) is 18.7. The van der Waals surface area contributed by atoms with E-state index in [2.05, 4.69) is 0 Å². The summed E-state index contributed by atoms with van der Waals surface area (Å²) in [6.45, 7) is 8.39. The monoisotopic (exact) mass is 296 g/mol. The van der Waals surface area contributed by atoms with Gasteiger partial charge in [0.1, 0.15) is 5.25 Å². The van der Waals surface area contributed by atoms with E-state index in [0.29, 0.717) is 18.9 Å². The van der Waals surface area contributed by atoms with Gasteiger partial charge in [0, 0.05) is 6.42 Å². The molecular weight excluding hydrogens is 270 g/mol. The molecule has 0 aromatic carbocycles. The Balaban J connectivity index is 3.95. The number of rotatable bonds is 10. The van der Waals surface area contributed by atoms with Crippen LogP contribution in [-0.4, -0.2) is 30.0 Å². The van der Waals surface area contributed by atoms with E-state index in [1.54, 1.807) is 0 Å². The van der Waals surface area contributed by atoms with Gasteiger partial charge < -0.3 is 4.74 Å². The fourth-order valence-electron chi connectivity index (χ4n) is 1.47. The molecule has 0 saturated carbocycles. The lowest BCUT2D eigenvalue weighted by molar-refractivity contribution is -0.144. The molecule has 0 saturated heterocycles. The highest BCUT2D eigenvalue weighted by molar-refractivity contribution is 8.00. The van der Waals surface area contributed by atoms with Crippen LogP contribution in [-0.2, 0) is 9.53 Å². The van der Waals surface area contributed by atoms with Gasteiger partial charge in [-0.2, -0.15) is 0 Å². The van der Waals surface area contributed by atoms with E-state index in [0.717, 1.165) is 12.2 Å². The molecule has 19 heavy (non-hydrogen) atoms. The number of hydrogen-bond acceptors (Lipinski definition) is 3. The van der Waals surface area contributed by atoms with Crippen LogP contribution in [0.3, 0.4) is 0 Å². The van der Waals surface area contributed by atoms with Gasteiger partial charge in [-0.05, 0) is 30.4 Å². The molecule has 0 heterocycles. The molecule has 1 unspecified atom stereocenters. The quantitative estimate of drug-likeness (QED) is 0.442. The number of thioether (sulfide) groups is 1. The maximum absolute atomic E-state index is 12.0. The summed E-state index contributed by atoms with van der Waals surface area (Å²) < 4.78 is 29.2. The predicted molar refractivity (Wildman–Crippen MR) is 76.7 cm³/mol. The minimum atomic E-state index is -2.22. The minimum absolute atomic E-state index is 0.0509. The third kappa shape index (κ3) is 10.2. The Bertz CT molecular complexity index is 246. The first-order valence-corrected chi connectivity index (χ1v) is 7.95. The lowest BCUT2D eigenvalue weighted by Gasteiger charge is -2.19. The van der Waals surface area contributed by atoms with Crippen molar-refractivity contribution in [2.45, 2.75) is 58.6 Å². The Morgan fingerprint density at radius 3 is 2.26 bits per heavy atom. The van der Waals surface area contributed by atoms with Crippen LogP contribution in [0, 0.1) is 11.8 Å². The van der Waals surface area contributed by atoms with Crippen molar-refractivity contribution in [2.75, 3.05) is 12.4 Å². The Kier molecular flexibility index (Phi) is 10.3.